The Morgan fingerprint density at radius 2 is 1.67 bits per heavy atom. The Hall–Kier alpha value is -2.36. The molecular weight excluding hydrogens is 300 g/mol. The van der Waals surface area contributed by atoms with Crippen molar-refractivity contribution < 1.29 is 9.53 Å². The van der Waals surface area contributed by atoms with Crippen LogP contribution < -0.4 is 10.1 Å². The summed E-state index contributed by atoms with van der Waals surface area (Å²) in [7, 11) is 0. The number of hydrogen-bond donors (Lipinski definition) is 1. The molecular formula is C20H24N2O2. The normalized spacial score (nSPS) is 15.5. The summed E-state index contributed by atoms with van der Waals surface area (Å²) in [6.45, 7) is 0.496. The molecule has 0 aliphatic heterocycles. The molecule has 126 valence electrons. The van der Waals surface area contributed by atoms with Crippen LogP contribution in [0.25, 0.3) is 0 Å². The average molecular weight is 324 g/mol. The topological polar surface area (TPSA) is 51.2 Å². The molecule has 1 saturated carbocycles. The van der Waals surface area contributed by atoms with E-state index in [0.29, 0.717) is 18.2 Å². The molecule has 1 aromatic heterocycles. The minimum atomic E-state index is 0.0163. The van der Waals surface area contributed by atoms with E-state index >= 15 is 0 Å². The Morgan fingerprint density at radius 3 is 2.33 bits per heavy atom. The van der Waals surface area contributed by atoms with Crippen LogP contribution in [0.15, 0.2) is 48.8 Å². The molecule has 1 N–H and O–H groups in total. The highest BCUT2D eigenvalue weighted by Gasteiger charge is 2.15. The first-order valence-electron chi connectivity index (χ1n) is 8.74. The Balaban J connectivity index is 1.52. The molecule has 3 rings (SSSR count). The van der Waals surface area contributed by atoms with Gasteiger partial charge < -0.3 is 10.1 Å². The Morgan fingerprint density at radius 1 is 1.00 bits per heavy atom. The summed E-state index contributed by atoms with van der Waals surface area (Å²) in [5.41, 5.74) is 1.76. The number of benzene rings is 1. The fourth-order valence-electron chi connectivity index (χ4n) is 3.04. The Kier molecular flexibility index (Phi) is 5.83. The van der Waals surface area contributed by atoms with Crippen LogP contribution >= 0.6 is 0 Å². The van der Waals surface area contributed by atoms with Crippen LogP contribution in [-0.4, -0.2) is 16.9 Å². The second kappa shape index (κ2) is 8.48. The van der Waals surface area contributed by atoms with Crippen molar-refractivity contribution in [1.29, 1.82) is 0 Å². The predicted octanol–water partition coefficient (Wildman–Crippen LogP) is 4.11. The van der Waals surface area contributed by atoms with Gasteiger partial charge in [0.05, 0.1) is 0 Å². The molecule has 0 radical (unpaired) electrons. The maximum atomic E-state index is 12.4. The molecule has 24 heavy (non-hydrogen) atoms. The minimum Gasteiger partial charge on any atom is -0.489 e. The van der Waals surface area contributed by atoms with E-state index in [2.05, 4.69) is 10.3 Å². The van der Waals surface area contributed by atoms with Gasteiger partial charge in [-0.25, -0.2) is 0 Å². The van der Waals surface area contributed by atoms with Gasteiger partial charge in [-0.15, -0.1) is 0 Å². The molecule has 1 fully saturated rings. The van der Waals surface area contributed by atoms with E-state index in [-0.39, 0.29) is 5.91 Å². The highest BCUT2D eigenvalue weighted by atomic mass is 16.5. The van der Waals surface area contributed by atoms with E-state index in [1.165, 1.54) is 25.7 Å². The van der Waals surface area contributed by atoms with Gasteiger partial charge in [0.25, 0.3) is 5.91 Å². The maximum absolute atomic E-state index is 12.4. The molecule has 0 unspecified atom stereocenters. The molecule has 1 heterocycles. The van der Waals surface area contributed by atoms with Gasteiger partial charge in [0.15, 0.2) is 0 Å². The zero-order valence-corrected chi connectivity index (χ0v) is 13.9. The Labute approximate surface area is 143 Å². The van der Waals surface area contributed by atoms with Crippen LogP contribution in [0.5, 0.6) is 5.75 Å². The van der Waals surface area contributed by atoms with Gasteiger partial charge in [0.2, 0.25) is 0 Å². The maximum Gasteiger partial charge on any atom is 0.251 e. The lowest BCUT2D eigenvalue weighted by Crippen LogP contribution is -2.34. The zero-order valence-electron chi connectivity index (χ0n) is 13.9. The molecule has 1 amide bonds. The van der Waals surface area contributed by atoms with Crippen LogP contribution in [0.4, 0.5) is 0 Å². The van der Waals surface area contributed by atoms with Crippen molar-refractivity contribution >= 4 is 5.91 Å². The van der Waals surface area contributed by atoms with Gasteiger partial charge >= 0.3 is 0 Å². The molecule has 0 atom stereocenters. The number of nitrogens with one attached hydrogen (secondary N) is 1. The number of nitrogens with zero attached hydrogens (tertiary/aromatic N) is 1. The number of amides is 1. The van der Waals surface area contributed by atoms with Crippen LogP contribution in [0.3, 0.4) is 0 Å². The van der Waals surface area contributed by atoms with Gasteiger partial charge in [-0.05, 0) is 54.8 Å². The van der Waals surface area contributed by atoms with E-state index in [1.54, 1.807) is 12.4 Å². The third kappa shape index (κ3) is 4.82. The summed E-state index contributed by atoms with van der Waals surface area (Å²) < 4.78 is 5.73. The number of aromatic nitrogens is 1. The summed E-state index contributed by atoms with van der Waals surface area (Å²) >= 11 is 0. The summed E-state index contributed by atoms with van der Waals surface area (Å²) in [4.78, 5) is 16.3. The molecule has 1 aliphatic carbocycles. The van der Waals surface area contributed by atoms with Crippen molar-refractivity contribution in [2.75, 3.05) is 0 Å². The lowest BCUT2D eigenvalue weighted by molar-refractivity contribution is 0.0933. The average Bonchev–Trinajstić information content (AvgIpc) is 2.90. The van der Waals surface area contributed by atoms with Gasteiger partial charge in [0.1, 0.15) is 12.4 Å². The van der Waals surface area contributed by atoms with Gasteiger partial charge in [-0.2, -0.15) is 0 Å². The lowest BCUT2D eigenvalue weighted by atomic mass is 10.1. The van der Waals surface area contributed by atoms with Crippen molar-refractivity contribution in [2.45, 2.75) is 51.2 Å². The number of ether oxygens (including phenoxy) is 1. The minimum absolute atomic E-state index is 0.0163. The van der Waals surface area contributed by atoms with E-state index < -0.39 is 0 Å². The first-order valence-corrected chi connectivity index (χ1v) is 8.74. The van der Waals surface area contributed by atoms with Crippen molar-refractivity contribution in [2.24, 2.45) is 0 Å². The van der Waals surface area contributed by atoms with Gasteiger partial charge in [0, 0.05) is 24.0 Å². The molecule has 1 aromatic carbocycles. The fourth-order valence-corrected chi connectivity index (χ4v) is 3.04. The molecule has 4 nitrogen and oxygen atoms in total. The predicted molar refractivity (Wildman–Crippen MR) is 94.0 cm³/mol. The fraction of sp³-hybridized carbons (Fsp3) is 0.400. The van der Waals surface area contributed by atoms with Crippen LogP contribution in [-0.2, 0) is 6.61 Å². The molecule has 0 saturated heterocycles. The zero-order chi connectivity index (χ0) is 16.6. The van der Waals surface area contributed by atoms with Crippen molar-refractivity contribution in [3.05, 3.63) is 59.9 Å². The highest BCUT2D eigenvalue weighted by molar-refractivity contribution is 5.94. The number of pyridine rings is 1. The quantitative estimate of drug-likeness (QED) is 0.842. The van der Waals surface area contributed by atoms with Crippen LogP contribution in [0.1, 0.15) is 54.4 Å². The SMILES string of the molecule is O=C(NC1CCCCCC1)c1ccc(OCc2ccncc2)cc1. The Bertz CT molecular complexity index is 632. The standard InChI is InChI=1S/C20H24N2O2/c23-20(22-18-5-3-1-2-4-6-18)17-7-9-19(10-8-17)24-15-16-11-13-21-14-12-16/h7-14,18H,1-6,15H2,(H,22,23). The highest BCUT2D eigenvalue weighted by Crippen LogP contribution is 2.18. The van der Waals surface area contributed by atoms with E-state index in [9.17, 15) is 4.79 Å². The number of carbonyl (C=O) groups is 1. The first-order chi connectivity index (χ1) is 11.8. The van der Waals surface area contributed by atoms with Gasteiger partial charge in [-0.1, -0.05) is 25.7 Å². The van der Waals surface area contributed by atoms with Gasteiger partial charge in [-0.3, -0.25) is 9.78 Å². The molecule has 4 heteroatoms. The number of rotatable bonds is 5. The summed E-state index contributed by atoms with van der Waals surface area (Å²) in [5.74, 6) is 0.778. The van der Waals surface area contributed by atoms with Crippen LogP contribution in [0, 0.1) is 0 Å². The number of carbonyl (C=O) groups excluding carboxylic acids is 1. The third-order valence-electron chi connectivity index (χ3n) is 4.46. The second-order valence-corrected chi connectivity index (χ2v) is 6.33. The molecule has 2 aromatic rings. The largest absolute Gasteiger partial charge is 0.489 e. The van der Waals surface area contributed by atoms with E-state index in [1.807, 2.05) is 36.4 Å². The second-order valence-electron chi connectivity index (χ2n) is 6.33. The molecule has 0 spiro atoms. The summed E-state index contributed by atoms with van der Waals surface area (Å²) in [6, 6.07) is 11.5. The monoisotopic (exact) mass is 324 g/mol. The van der Waals surface area contributed by atoms with Crippen LogP contribution in [0.2, 0.25) is 0 Å². The summed E-state index contributed by atoms with van der Waals surface area (Å²) in [5, 5.41) is 3.17. The summed E-state index contributed by atoms with van der Waals surface area (Å²) in [6.07, 6.45) is 10.7. The smallest absolute Gasteiger partial charge is 0.251 e. The van der Waals surface area contributed by atoms with Crippen molar-refractivity contribution in [3.8, 4) is 5.75 Å². The molecule has 1 aliphatic rings. The third-order valence-corrected chi connectivity index (χ3v) is 4.46. The first kappa shape index (κ1) is 16.5. The lowest BCUT2D eigenvalue weighted by Gasteiger charge is -2.16. The number of hydrogen-bond acceptors (Lipinski definition) is 3. The molecule has 0 bridgehead atoms. The van der Waals surface area contributed by atoms with E-state index in [0.717, 1.165) is 24.2 Å². The van der Waals surface area contributed by atoms with E-state index in [4.69, 9.17) is 4.74 Å². The van der Waals surface area contributed by atoms with Crippen molar-refractivity contribution in [3.63, 3.8) is 0 Å². The van der Waals surface area contributed by atoms with Crippen molar-refractivity contribution in [1.82, 2.24) is 10.3 Å².